The molecule has 0 aliphatic heterocycles. The molecule has 0 amide bonds. The van der Waals surface area contributed by atoms with Crippen LogP contribution in [0.5, 0.6) is 0 Å². The van der Waals surface area contributed by atoms with E-state index in [2.05, 4.69) is 26.2 Å². The summed E-state index contributed by atoms with van der Waals surface area (Å²) in [6, 6.07) is 0.533. The minimum absolute atomic E-state index is 0.427. The summed E-state index contributed by atoms with van der Waals surface area (Å²) in [7, 11) is 0. The molecule has 116 valence electrons. The normalized spacial score (nSPS) is 41.1. The molecular formula is C18H34N2. The molecular weight excluding hydrogens is 244 g/mol. The van der Waals surface area contributed by atoms with E-state index in [0.717, 1.165) is 17.8 Å². The van der Waals surface area contributed by atoms with Gasteiger partial charge in [0.2, 0.25) is 0 Å². The molecule has 4 aliphatic rings. The molecule has 4 aliphatic carbocycles. The van der Waals surface area contributed by atoms with Gasteiger partial charge in [0.1, 0.15) is 0 Å². The second-order valence-corrected chi connectivity index (χ2v) is 9.58. The molecule has 4 bridgehead atoms. The van der Waals surface area contributed by atoms with Crippen LogP contribution in [0.25, 0.3) is 0 Å². The summed E-state index contributed by atoms with van der Waals surface area (Å²) in [5.74, 6) is 9.05. The van der Waals surface area contributed by atoms with Gasteiger partial charge >= 0.3 is 0 Å². The Kier molecular flexibility index (Phi) is 3.92. The lowest BCUT2D eigenvalue weighted by Gasteiger charge is -2.57. The maximum atomic E-state index is 5.88. The molecule has 2 heteroatoms. The van der Waals surface area contributed by atoms with E-state index in [1.165, 1.54) is 38.5 Å². The van der Waals surface area contributed by atoms with Crippen molar-refractivity contribution in [1.29, 1.82) is 0 Å². The van der Waals surface area contributed by atoms with Crippen LogP contribution in [0.4, 0.5) is 0 Å². The molecule has 0 spiro atoms. The Morgan fingerprint density at radius 1 is 1.05 bits per heavy atom. The Bertz CT molecular complexity index is 307. The second kappa shape index (κ2) is 5.28. The fourth-order valence-corrected chi connectivity index (χ4v) is 5.91. The van der Waals surface area contributed by atoms with Crippen molar-refractivity contribution in [3.05, 3.63) is 0 Å². The van der Waals surface area contributed by atoms with Crippen LogP contribution in [0.3, 0.4) is 0 Å². The summed E-state index contributed by atoms with van der Waals surface area (Å²) in [6.45, 7) is 7.02. The van der Waals surface area contributed by atoms with Crippen molar-refractivity contribution in [2.45, 2.75) is 84.6 Å². The third kappa shape index (κ3) is 3.22. The molecule has 0 heterocycles. The summed E-state index contributed by atoms with van der Waals surface area (Å²) in [5.41, 5.74) is 4.23. The minimum atomic E-state index is 0.427. The molecule has 4 saturated carbocycles. The predicted molar refractivity (Wildman–Crippen MR) is 85.0 cm³/mol. The largest absolute Gasteiger partial charge is 0.271 e. The fourth-order valence-electron chi connectivity index (χ4n) is 5.91. The van der Waals surface area contributed by atoms with E-state index >= 15 is 0 Å². The van der Waals surface area contributed by atoms with Gasteiger partial charge in [0.05, 0.1) is 0 Å². The number of nitrogens with one attached hydrogen (secondary N) is 1. The number of hydrogen-bond acceptors (Lipinski definition) is 2. The van der Waals surface area contributed by atoms with Gasteiger partial charge in [-0.05, 0) is 86.4 Å². The van der Waals surface area contributed by atoms with E-state index in [9.17, 15) is 0 Å². The van der Waals surface area contributed by atoms with Gasteiger partial charge in [-0.2, -0.15) is 0 Å². The first-order valence-electron chi connectivity index (χ1n) is 8.84. The van der Waals surface area contributed by atoms with Gasteiger partial charge in [0, 0.05) is 6.04 Å². The van der Waals surface area contributed by atoms with Crippen LogP contribution in [-0.2, 0) is 0 Å². The highest BCUT2D eigenvalue weighted by molar-refractivity contribution is 5.02. The average Bonchev–Trinajstić information content (AvgIpc) is 2.31. The Hall–Kier alpha value is -0.0800. The van der Waals surface area contributed by atoms with Gasteiger partial charge in [-0.25, -0.2) is 0 Å². The van der Waals surface area contributed by atoms with E-state index in [1.54, 1.807) is 19.3 Å². The van der Waals surface area contributed by atoms with Gasteiger partial charge in [-0.1, -0.05) is 20.8 Å². The van der Waals surface area contributed by atoms with Crippen LogP contribution in [0.15, 0.2) is 0 Å². The van der Waals surface area contributed by atoms with Crippen LogP contribution in [0.1, 0.15) is 78.6 Å². The zero-order chi connectivity index (χ0) is 14.4. The van der Waals surface area contributed by atoms with Crippen LogP contribution in [0.2, 0.25) is 0 Å². The fraction of sp³-hybridized carbons (Fsp3) is 1.00. The summed E-state index contributed by atoms with van der Waals surface area (Å²) in [4.78, 5) is 0. The molecule has 1 unspecified atom stereocenters. The number of nitrogens with two attached hydrogens (primary N) is 1. The molecule has 20 heavy (non-hydrogen) atoms. The summed E-state index contributed by atoms with van der Waals surface area (Å²) < 4.78 is 0. The number of rotatable bonds is 5. The Morgan fingerprint density at radius 3 is 1.95 bits per heavy atom. The van der Waals surface area contributed by atoms with E-state index in [-0.39, 0.29) is 0 Å². The van der Waals surface area contributed by atoms with E-state index in [0.29, 0.717) is 16.9 Å². The summed E-state index contributed by atoms with van der Waals surface area (Å²) in [6.07, 6.45) is 13.0. The van der Waals surface area contributed by atoms with Crippen molar-refractivity contribution >= 4 is 0 Å². The summed E-state index contributed by atoms with van der Waals surface area (Å²) >= 11 is 0. The standard InChI is InChI=1S/C18H34N2/c1-17(2,3)5-4-16(20-19)12-18-9-13-6-14(10-18)8-15(7-13)11-18/h13-16,20H,4-12,19H2,1-3H3. The van der Waals surface area contributed by atoms with Crippen molar-refractivity contribution in [2.75, 3.05) is 0 Å². The minimum Gasteiger partial charge on any atom is -0.271 e. The molecule has 1 atom stereocenters. The van der Waals surface area contributed by atoms with Crippen LogP contribution >= 0.6 is 0 Å². The number of hydrazine groups is 1. The average molecular weight is 278 g/mol. The Labute approximate surface area is 125 Å². The highest BCUT2D eigenvalue weighted by Crippen LogP contribution is 2.61. The molecule has 0 aromatic carbocycles. The smallest absolute Gasteiger partial charge is 0.0216 e. The molecule has 0 saturated heterocycles. The van der Waals surface area contributed by atoms with E-state index in [4.69, 9.17) is 5.84 Å². The molecule has 4 fully saturated rings. The first kappa shape index (κ1) is 14.8. The van der Waals surface area contributed by atoms with Gasteiger partial charge in [0.25, 0.3) is 0 Å². The van der Waals surface area contributed by atoms with Gasteiger partial charge in [-0.15, -0.1) is 0 Å². The van der Waals surface area contributed by atoms with Crippen LogP contribution in [0, 0.1) is 28.6 Å². The zero-order valence-corrected chi connectivity index (χ0v) is 13.8. The van der Waals surface area contributed by atoms with Crippen LogP contribution in [-0.4, -0.2) is 6.04 Å². The SMILES string of the molecule is CC(C)(C)CCC(CC12CC3CC(CC(C3)C1)C2)NN. The van der Waals surface area contributed by atoms with E-state index in [1.807, 2.05) is 0 Å². The monoisotopic (exact) mass is 278 g/mol. The third-order valence-electron chi connectivity index (χ3n) is 6.32. The lowest BCUT2D eigenvalue weighted by molar-refractivity contribution is -0.0627. The lowest BCUT2D eigenvalue weighted by atomic mass is 9.48. The Morgan fingerprint density at radius 2 is 1.55 bits per heavy atom. The molecule has 0 aromatic heterocycles. The van der Waals surface area contributed by atoms with Crippen molar-refractivity contribution in [3.8, 4) is 0 Å². The maximum absolute atomic E-state index is 5.88. The van der Waals surface area contributed by atoms with Gasteiger partial charge < -0.3 is 0 Å². The first-order valence-corrected chi connectivity index (χ1v) is 8.84. The van der Waals surface area contributed by atoms with Gasteiger partial charge in [-0.3, -0.25) is 11.3 Å². The molecule has 0 radical (unpaired) electrons. The van der Waals surface area contributed by atoms with Crippen molar-refractivity contribution < 1.29 is 0 Å². The van der Waals surface area contributed by atoms with Crippen molar-refractivity contribution in [3.63, 3.8) is 0 Å². The molecule has 4 rings (SSSR count). The third-order valence-corrected chi connectivity index (χ3v) is 6.32. The first-order chi connectivity index (χ1) is 9.37. The maximum Gasteiger partial charge on any atom is 0.0216 e. The Balaban J connectivity index is 1.61. The highest BCUT2D eigenvalue weighted by Gasteiger charge is 2.51. The molecule has 0 aromatic rings. The molecule has 3 N–H and O–H groups in total. The second-order valence-electron chi connectivity index (χ2n) is 9.58. The topological polar surface area (TPSA) is 38.0 Å². The van der Waals surface area contributed by atoms with E-state index < -0.39 is 0 Å². The quantitative estimate of drug-likeness (QED) is 0.583. The predicted octanol–water partition coefficient (Wildman–Crippen LogP) is 4.25. The van der Waals surface area contributed by atoms with Crippen molar-refractivity contribution in [2.24, 2.45) is 34.4 Å². The zero-order valence-electron chi connectivity index (χ0n) is 13.8. The lowest BCUT2D eigenvalue weighted by Crippen LogP contribution is -2.49. The van der Waals surface area contributed by atoms with Crippen LogP contribution < -0.4 is 11.3 Å². The highest BCUT2D eigenvalue weighted by atomic mass is 15.2. The molecule has 2 nitrogen and oxygen atoms in total. The summed E-state index contributed by atoms with van der Waals surface area (Å²) in [5, 5.41) is 0. The number of hydrogen-bond donors (Lipinski definition) is 2. The van der Waals surface area contributed by atoms with Gasteiger partial charge in [0.15, 0.2) is 0 Å². The van der Waals surface area contributed by atoms with Crippen molar-refractivity contribution in [1.82, 2.24) is 5.43 Å².